The quantitative estimate of drug-likeness (QED) is 0.490. The Balaban J connectivity index is 1.53. The number of aromatic nitrogens is 2. The summed E-state index contributed by atoms with van der Waals surface area (Å²) in [5, 5.41) is 0. The lowest BCUT2D eigenvalue weighted by Crippen LogP contribution is -2.23. The summed E-state index contributed by atoms with van der Waals surface area (Å²) in [6, 6.07) is 14.8. The van der Waals surface area contributed by atoms with Crippen LogP contribution in [0.1, 0.15) is 40.3 Å². The SMILES string of the molecule is Cc1cc(C(=O)Oc2cccc(N3CCCC3=O)c2)c(C)n1Cc1ccccn1. The standard InChI is InChI=1S/C23H23N3O3/c1-16-13-21(17(2)26(16)15-18-7-3-4-11-24-18)23(28)29-20-9-5-8-19(14-20)25-12-6-10-22(25)27/h3-5,7-9,11,13-14H,6,10,12,15H2,1-2H3. The van der Waals surface area contributed by atoms with Gasteiger partial charge in [-0.1, -0.05) is 12.1 Å². The topological polar surface area (TPSA) is 64.4 Å². The molecule has 29 heavy (non-hydrogen) atoms. The number of esters is 1. The van der Waals surface area contributed by atoms with E-state index in [9.17, 15) is 9.59 Å². The molecule has 0 aliphatic carbocycles. The van der Waals surface area contributed by atoms with Crippen molar-refractivity contribution in [2.45, 2.75) is 33.2 Å². The average molecular weight is 389 g/mol. The van der Waals surface area contributed by atoms with E-state index in [1.165, 1.54) is 0 Å². The van der Waals surface area contributed by atoms with Crippen molar-refractivity contribution in [3.8, 4) is 5.75 Å². The maximum atomic E-state index is 12.8. The first kappa shape index (κ1) is 18.9. The van der Waals surface area contributed by atoms with Crippen LogP contribution in [0.5, 0.6) is 5.75 Å². The largest absolute Gasteiger partial charge is 0.423 e. The first-order valence-corrected chi connectivity index (χ1v) is 9.72. The molecule has 3 heterocycles. The van der Waals surface area contributed by atoms with Gasteiger partial charge < -0.3 is 14.2 Å². The van der Waals surface area contributed by atoms with Crippen molar-refractivity contribution in [2.24, 2.45) is 0 Å². The van der Waals surface area contributed by atoms with E-state index in [0.717, 1.165) is 29.2 Å². The zero-order valence-corrected chi connectivity index (χ0v) is 16.6. The maximum absolute atomic E-state index is 12.8. The van der Waals surface area contributed by atoms with Crippen LogP contribution in [0.2, 0.25) is 0 Å². The van der Waals surface area contributed by atoms with Gasteiger partial charge in [0.15, 0.2) is 0 Å². The Morgan fingerprint density at radius 1 is 1.14 bits per heavy atom. The Bertz CT molecular complexity index is 1060. The van der Waals surface area contributed by atoms with E-state index in [0.29, 0.717) is 30.8 Å². The van der Waals surface area contributed by atoms with E-state index in [4.69, 9.17) is 4.74 Å². The molecular weight excluding hydrogens is 366 g/mol. The first-order valence-electron chi connectivity index (χ1n) is 9.72. The predicted molar refractivity (Wildman–Crippen MR) is 110 cm³/mol. The molecule has 0 unspecified atom stereocenters. The molecule has 1 saturated heterocycles. The number of hydrogen-bond donors (Lipinski definition) is 0. The number of aryl methyl sites for hydroxylation is 1. The molecule has 0 saturated carbocycles. The van der Waals surface area contributed by atoms with Crippen LogP contribution >= 0.6 is 0 Å². The van der Waals surface area contributed by atoms with Crippen LogP contribution in [-0.2, 0) is 11.3 Å². The van der Waals surface area contributed by atoms with Gasteiger partial charge in [-0.2, -0.15) is 0 Å². The van der Waals surface area contributed by atoms with E-state index in [2.05, 4.69) is 9.55 Å². The van der Waals surface area contributed by atoms with Gasteiger partial charge in [-0.25, -0.2) is 4.79 Å². The van der Waals surface area contributed by atoms with Gasteiger partial charge in [-0.3, -0.25) is 9.78 Å². The summed E-state index contributed by atoms with van der Waals surface area (Å²) in [6.45, 7) is 5.17. The van der Waals surface area contributed by atoms with Gasteiger partial charge in [0.1, 0.15) is 5.75 Å². The summed E-state index contributed by atoms with van der Waals surface area (Å²) >= 11 is 0. The van der Waals surface area contributed by atoms with Crippen molar-refractivity contribution in [1.29, 1.82) is 0 Å². The molecule has 4 rings (SSSR count). The van der Waals surface area contributed by atoms with Gasteiger partial charge in [0, 0.05) is 42.3 Å². The molecule has 1 fully saturated rings. The zero-order chi connectivity index (χ0) is 20.4. The third-order valence-corrected chi connectivity index (χ3v) is 5.25. The lowest BCUT2D eigenvalue weighted by atomic mass is 10.2. The number of rotatable bonds is 5. The van der Waals surface area contributed by atoms with Crippen molar-refractivity contribution in [3.63, 3.8) is 0 Å². The number of ether oxygens (including phenoxy) is 1. The monoisotopic (exact) mass is 389 g/mol. The lowest BCUT2D eigenvalue weighted by Gasteiger charge is -2.16. The third kappa shape index (κ3) is 3.92. The van der Waals surface area contributed by atoms with Crippen LogP contribution in [-0.4, -0.2) is 28.0 Å². The molecule has 148 valence electrons. The molecular formula is C23H23N3O3. The number of nitrogens with zero attached hydrogens (tertiary/aromatic N) is 3. The van der Waals surface area contributed by atoms with Crippen LogP contribution in [0.25, 0.3) is 0 Å². The van der Waals surface area contributed by atoms with Crippen molar-refractivity contribution in [1.82, 2.24) is 9.55 Å². The number of anilines is 1. The molecule has 6 heteroatoms. The molecule has 0 atom stereocenters. The summed E-state index contributed by atoms with van der Waals surface area (Å²) in [4.78, 5) is 30.9. The number of amides is 1. The number of carbonyl (C=O) groups excluding carboxylic acids is 2. The molecule has 1 aromatic carbocycles. The van der Waals surface area contributed by atoms with Crippen LogP contribution in [0.15, 0.2) is 54.7 Å². The molecule has 0 N–H and O–H groups in total. The Kier molecular flexibility index (Phi) is 5.16. The second-order valence-corrected chi connectivity index (χ2v) is 7.23. The molecule has 1 amide bonds. The normalized spacial score (nSPS) is 13.7. The summed E-state index contributed by atoms with van der Waals surface area (Å²) in [5.74, 6) is 0.128. The Hall–Kier alpha value is -3.41. The molecule has 0 bridgehead atoms. The van der Waals surface area contributed by atoms with E-state index < -0.39 is 5.97 Å². The van der Waals surface area contributed by atoms with E-state index in [1.54, 1.807) is 29.3 Å². The van der Waals surface area contributed by atoms with E-state index >= 15 is 0 Å². The molecule has 1 aliphatic rings. The van der Waals surface area contributed by atoms with Gasteiger partial charge in [0.2, 0.25) is 5.91 Å². The smallest absolute Gasteiger partial charge is 0.345 e. The second kappa shape index (κ2) is 7.91. The summed E-state index contributed by atoms with van der Waals surface area (Å²) in [5.41, 5.74) is 4.03. The Morgan fingerprint density at radius 2 is 2.00 bits per heavy atom. The molecule has 1 aliphatic heterocycles. The van der Waals surface area contributed by atoms with Crippen molar-refractivity contribution < 1.29 is 14.3 Å². The third-order valence-electron chi connectivity index (χ3n) is 5.25. The molecule has 6 nitrogen and oxygen atoms in total. The Labute approximate surface area is 169 Å². The summed E-state index contributed by atoms with van der Waals surface area (Å²) < 4.78 is 7.68. The van der Waals surface area contributed by atoms with Crippen LogP contribution in [0.4, 0.5) is 5.69 Å². The molecule has 0 radical (unpaired) electrons. The van der Waals surface area contributed by atoms with Crippen LogP contribution in [0.3, 0.4) is 0 Å². The highest BCUT2D eigenvalue weighted by molar-refractivity contribution is 5.96. The highest BCUT2D eigenvalue weighted by Crippen LogP contribution is 2.26. The molecule has 0 spiro atoms. The van der Waals surface area contributed by atoms with Crippen molar-refractivity contribution >= 4 is 17.6 Å². The minimum atomic E-state index is -0.407. The van der Waals surface area contributed by atoms with Gasteiger partial charge in [0.05, 0.1) is 17.8 Å². The summed E-state index contributed by atoms with van der Waals surface area (Å²) in [7, 11) is 0. The van der Waals surface area contributed by atoms with Gasteiger partial charge in [-0.05, 0) is 50.6 Å². The minimum Gasteiger partial charge on any atom is -0.423 e. The van der Waals surface area contributed by atoms with Gasteiger partial charge >= 0.3 is 5.97 Å². The van der Waals surface area contributed by atoms with Crippen molar-refractivity contribution in [3.05, 3.63) is 77.4 Å². The minimum absolute atomic E-state index is 0.103. The first-order chi connectivity index (χ1) is 14.0. The van der Waals surface area contributed by atoms with Crippen LogP contribution in [0, 0.1) is 13.8 Å². The maximum Gasteiger partial charge on any atom is 0.345 e. The number of hydrogen-bond acceptors (Lipinski definition) is 4. The number of carbonyl (C=O) groups is 2. The number of benzene rings is 1. The predicted octanol–water partition coefficient (Wildman–Crippen LogP) is 3.89. The summed E-state index contributed by atoms with van der Waals surface area (Å²) in [6.07, 6.45) is 3.17. The Morgan fingerprint density at radius 3 is 2.72 bits per heavy atom. The fourth-order valence-corrected chi connectivity index (χ4v) is 3.70. The van der Waals surface area contributed by atoms with Crippen LogP contribution < -0.4 is 9.64 Å². The number of pyridine rings is 1. The highest BCUT2D eigenvalue weighted by Gasteiger charge is 2.23. The average Bonchev–Trinajstić information content (AvgIpc) is 3.27. The highest BCUT2D eigenvalue weighted by atomic mass is 16.5. The zero-order valence-electron chi connectivity index (χ0n) is 16.6. The lowest BCUT2D eigenvalue weighted by molar-refractivity contribution is -0.117. The molecule has 2 aromatic heterocycles. The molecule has 3 aromatic rings. The fraction of sp³-hybridized carbons (Fsp3) is 0.261. The van der Waals surface area contributed by atoms with Gasteiger partial charge in [-0.15, -0.1) is 0 Å². The van der Waals surface area contributed by atoms with Gasteiger partial charge in [0.25, 0.3) is 0 Å². The van der Waals surface area contributed by atoms with E-state index in [-0.39, 0.29) is 5.91 Å². The fourth-order valence-electron chi connectivity index (χ4n) is 3.70. The second-order valence-electron chi connectivity index (χ2n) is 7.23. The van der Waals surface area contributed by atoms with Crippen molar-refractivity contribution in [2.75, 3.05) is 11.4 Å². The van der Waals surface area contributed by atoms with E-state index in [1.807, 2.05) is 44.2 Å².